The number of benzene rings is 1. The smallest absolute Gasteiger partial charge is 0.0546 e. The van der Waals surface area contributed by atoms with E-state index >= 15 is 0 Å². The Bertz CT molecular complexity index is 616. The van der Waals surface area contributed by atoms with Crippen LogP contribution in [0, 0.1) is 0 Å². The van der Waals surface area contributed by atoms with Gasteiger partial charge in [0.2, 0.25) is 0 Å². The summed E-state index contributed by atoms with van der Waals surface area (Å²) in [5.41, 5.74) is 10.2. The summed E-state index contributed by atoms with van der Waals surface area (Å²) in [5.74, 6) is 0. The van der Waals surface area contributed by atoms with E-state index in [-0.39, 0.29) is 0 Å². The van der Waals surface area contributed by atoms with Crippen molar-refractivity contribution in [3.8, 4) is 0 Å². The van der Waals surface area contributed by atoms with Crippen molar-refractivity contribution in [1.82, 2.24) is 5.43 Å². The van der Waals surface area contributed by atoms with Crippen molar-refractivity contribution in [2.45, 2.75) is 58.4 Å². The molecule has 1 saturated carbocycles. The number of nitrogens with zero attached hydrogens (tertiary/aromatic N) is 1. The first-order chi connectivity index (χ1) is 10.7. The standard InChI is InChI=1S/C20H26N2/c1-15-12-18(13-16(15)2)20-11-7-6-8-17(20)14-21-22-19-9-4-3-5-10-19/h6-8,11-12,14,19,22H,3-5,9-10,13H2,1-2H3/b21-14+. The maximum absolute atomic E-state index is 4.52. The van der Waals surface area contributed by atoms with Gasteiger partial charge in [-0.3, -0.25) is 0 Å². The molecule has 0 radical (unpaired) electrons. The normalized spacial score (nSPS) is 19.8. The summed E-state index contributed by atoms with van der Waals surface area (Å²) < 4.78 is 0. The topological polar surface area (TPSA) is 24.4 Å². The van der Waals surface area contributed by atoms with Gasteiger partial charge in [0.05, 0.1) is 6.21 Å². The van der Waals surface area contributed by atoms with Crippen molar-refractivity contribution in [1.29, 1.82) is 0 Å². The van der Waals surface area contributed by atoms with Gasteiger partial charge in [-0.2, -0.15) is 5.10 Å². The van der Waals surface area contributed by atoms with Crippen LogP contribution in [0.3, 0.4) is 0 Å². The average Bonchev–Trinajstić information content (AvgIpc) is 2.88. The fourth-order valence-electron chi connectivity index (χ4n) is 3.38. The number of hydrogen-bond donors (Lipinski definition) is 1. The van der Waals surface area contributed by atoms with Crippen LogP contribution in [0.1, 0.15) is 63.5 Å². The lowest BCUT2D eigenvalue weighted by molar-refractivity contribution is 0.381. The lowest BCUT2D eigenvalue weighted by atomic mass is 9.96. The van der Waals surface area contributed by atoms with Gasteiger partial charge in [0, 0.05) is 11.6 Å². The summed E-state index contributed by atoms with van der Waals surface area (Å²) in [6.45, 7) is 4.42. The molecule has 0 bridgehead atoms. The van der Waals surface area contributed by atoms with Crippen LogP contribution in [-0.4, -0.2) is 12.3 Å². The summed E-state index contributed by atoms with van der Waals surface area (Å²) in [6.07, 6.45) is 11.9. The van der Waals surface area contributed by atoms with Gasteiger partial charge in [0.15, 0.2) is 0 Å². The Balaban J connectivity index is 1.70. The summed E-state index contributed by atoms with van der Waals surface area (Å²) in [4.78, 5) is 0. The van der Waals surface area contributed by atoms with Crippen LogP contribution in [0.25, 0.3) is 5.57 Å². The molecule has 0 saturated heterocycles. The second-order valence-electron chi connectivity index (χ2n) is 6.62. The highest BCUT2D eigenvalue weighted by Gasteiger charge is 2.14. The molecule has 0 amide bonds. The first-order valence-corrected chi connectivity index (χ1v) is 8.49. The number of rotatable bonds is 4. The van der Waals surface area contributed by atoms with Crippen molar-refractivity contribution >= 4 is 11.8 Å². The number of nitrogens with one attached hydrogen (secondary N) is 1. The molecule has 116 valence electrons. The van der Waals surface area contributed by atoms with E-state index in [9.17, 15) is 0 Å². The molecule has 1 aromatic rings. The van der Waals surface area contributed by atoms with E-state index < -0.39 is 0 Å². The molecule has 0 aromatic heterocycles. The number of allylic oxidation sites excluding steroid dienone is 4. The first-order valence-electron chi connectivity index (χ1n) is 8.49. The van der Waals surface area contributed by atoms with Gasteiger partial charge in [-0.1, -0.05) is 60.8 Å². The molecule has 3 rings (SSSR count). The monoisotopic (exact) mass is 294 g/mol. The van der Waals surface area contributed by atoms with Gasteiger partial charge in [0.1, 0.15) is 0 Å². The minimum Gasteiger partial charge on any atom is -0.307 e. The highest BCUT2D eigenvalue weighted by Crippen LogP contribution is 2.33. The highest BCUT2D eigenvalue weighted by atomic mass is 15.3. The van der Waals surface area contributed by atoms with Crippen LogP contribution < -0.4 is 5.43 Å². The predicted octanol–water partition coefficient (Wildman–Crippen LogP) is 5.07. The van der Waals surface area contributed by atoms with E-state index in [4.69, 9.17) is 0 Å². The van der Waals surface area contributed by atoms with Gasteiger partial charge in [-0.25, -0.2) is 0 Å². The fraction of sp³-hybridized carbons (Fsp3) is 0.450. The number of hydrogen-bond acceptors (Lipinski definition) is 2. The van der Waals surface area contributed by atoms with Crippen LogP contribution in [-0.2, 0) is 0 Å². The average molecular weight is 294 g/mol. The van der Waals surface area contributed by atoms with Crippen molar-refractivity contribution < 1.29 is 0 Å². The lowest BCUT2D eigenvalue weighted by Crippen LogP contribution is -2.26. The Morgan fingerprint density at radius 2 is 1.86 bits per heavy atom. The van der Waals surface area contributed by atoms with Crippen LogP contribution in [0.5, 0.6) is 0 Å². The second-order valence-corrected chi connectivity index (χ2v) is 6.62. The number of hydrazone groups is 1. The Labute approximate surface area is 134 Å². The van der Waals surface area contributed by atoms with Crippen LogP contribution in [0.4, 0.5) is 0 Å². The molecule has 0 atom stereocenters. The van der Waals surface area contributed by atoms with Gasteiger partial charge < -0.3 is 5.43 Å². The van der Waals surface area contributed by atoms with Crippen LogP contribution >= 0.6 is 0 Å². The van der Waals surface area contributed by atoms with E-state index in [1.54, 1.807) is 0 Å². The van der Waals surface area contributed by atoms with Crippen molar-refractivity contribution in [3.05, 3.63) is 52.6 Å². The molecule has 0 unspecified atom stereocenters. The molecule has 1 fully saturated rings. The van der Waals surface area contributed by atoms with E-state index in [1.807, 2.05) is 6.21 Å². The molecular formula is C20H26N2. The van der Waals surface area contributed by atoms with E-state index in [0.29, 0.717) is 6.04 Å². The predicted molar refractivity (Wildman–Crippen MR) is 95.0 cm³/mol. The Morgan fingerprint density at radius 1 is 1.09 bits per heavy atom. The zero-order valence-corrected chi connectivity index (χ0v) is 13.7. The van der Waals surface area contributed by atoms with Crippen molar-refractivity contribution in [3.63, 3.8) is 0 Å². The maximum atomic E-state index is 4.52. The minimum atomic E-state index is 0.564. The summed E-state index contributed by atoms with van der Waals surface area (Å²) in [6, 6.07) is 9.14. The zero-order chi connectivity index (χ0) is 15.4. The molecule has 0 aliphatic heterocycles. The van der Waals surface area contributed by atoms with Gasteiger partial charge in [-0.05, 0) is 44.2 Å². The molecule has 1 aromatic carbocycles. The van der Waals surface area contributed by atoms with E-state index in [2.05, 4.69) is 54.7 Å². The Kier molecular flexibility index (Phi) is 4.77. The third-order valence-corrected chi connectivity index (χ3v) is 4.89. The molecule has 1 N–H and O–H groups in total. The SMILES string of the molecule is CC1=C(C)CC(c2ccccc2/C=N/NC2CCCCC2)=C1. The van der Waals surface area contributed by atoms with Crippen LogP contribution in [0.15, 0.2) is 46.6 Å². The first kappa shape index (κ1) is 15.1. The summed E-state index contributed by atoms with van der Waals surface area (Å²) in [5, 5.41) is 4.52. The third kappa shape index (κ3) is 3.49. The zero-order valence-electron chi connectivity index (χ0n) is 13.7. The van der Waals surface area contributed by atoms with E-state index in [0.717, 1.165) is 6.42 Å². The molecule has 0 heterocycles. The summed E-state index contributed by atoms with van der Waals surface area (Å²) in [7, 11) is 0. The maximum Gasteiger partial charge on any atom is 0.0546 e. The second kappa shape index (κ2) is 6.95. The van der Waals surface area contributed by atoms with Gasteiger partial charge in [-0.15, -0.1) is 0 Å². The molecule has 22 heavy (non-hydrogen) atoms. The van der Waals surface area contributed by atoms with Gasteiger partial charge in [0.25, 0.3) is 0 Å². The summed E-state index contributed by atoms with van der Waals surface area (Å²) >= 11 is 0. The largest absolute Gasteiger partial charge is 0.307 e. The molecule has 2 nitrogen and oxygen atoms in total. The fourth-order valence-corrected chi connectivity index (χ4v) is 3.38. The molecule has 0 spiro atoms. The van der Waals surface area contributed by atoms with E-state index in [1.165, 1.54) is 60.0 Å². The molecule has 2 aliphatic carbocycles. The lowest BCUT2D eigenvalue weighted by Gasteiger charge is -2.20. The van der Waals surface area contributed by atoms with Crippen molar-refractivity contribution in [2.75, 3.05) is 0 Å². The Hall–Kier alpha value is -1.83. The quantitative estimate of drug-likeness (QED) is 0.608. The third-order valence-electron chi connectivity index (χ3n) is 4.89. The molecule has 2 aliphatic rings. The van der Waals surface area contributed by atoms with Gasteiger partial charge >= 0.3 is 0 Å². The minimum absolute atomic E-state index is 0.564. The Morgan fingerprint density at radius 3 is 2.59 bits per heavy atom. The molecule has 2 heteroatoms. The molecular weight excluding hydrogens is 268 g/mol. The van der Waals surface area contributed by atoms with Crippen LogP contribution in [0.2, 0.25) is 0 Å². The van der Waals surface area contributed by atoms with Crippen molar-refractivity contribution in [2.24, 2.45) is 5.10 Å². The highest BCUT2D eigenvalue weighted by molar-refractivity contribution is 5.90.